The number of carboxylic acid groups (broad SMARTS) is 1. The first-order valence-electron chi connectivity index (χ1n) is 10.5. The third-order valence-electron chi connectivity index (χ3n) is 5.29. The van der Waals surface area contributed by atoms with Gasteiger partial charge in [-0.2, -0.15) is 0 Å². The maximum Gasteiger partial charge on any atom is 0.303 e. The summed E-state index contributed by atoms with van der Waals surface area (Å²) in [5.41, 5.74) is 2.14. The zero-order chi connectivity index (χ0) is 22.4. The lowest BCUT2D eigenvalue weighted by Gasteiger charge is -2.12. The van der Waals surface area contributed by atoms with E-state index >= 15 is 0 Å². The van der Waals surface area contributed by atoms with Gasteiger partial charge in [-0.1, -0.05) is 19.4 Å². The molecule has 31 heavy (non-hydrogen) atoms. The van der Waals surface area contributed by atoms with E-state index in [1.165, 1.54) is 11.3 Å². The van der Waals surface area contributed by atoms with Crippen LogP contribution < -0.4 is 15.4 Å². The van der Waals surface area contributed by atoms with Gasteiger partial charge in [0.2, 0.25) is 5.91 Å². The van der Waals surface area contributed by atoms with E-state index in [2.05, 4.69) is 10.6 Å². The highest BCUT2D eigenvalue weighted by atomic mass is 32.1. The van der Waals surface area contributed by atoms with E-state index in [9.17, 15) is 14.4 Å². The van der Waals surface area contributed by atoms with Crippen LogP contribution >= 0.6 is 11.3 Å². The highest BCUT2D eigenvalue weighted by Crippen LogP contribution is 2.38. The van der Waals surface area contributed by atoms with E-state index in [1.807, 2.05) is 0 Å². The molecule has 0 saturated carbocycles. The molecule has 2 aromatic rings. The molecule has 0 fully saturated rings. The molecule has 0 saturated heterocycles. The normalized spacial score (nSPS) is 14.1. The second kappa shape index (κ2) is 10.4. The number of methoxy groups -OCH3 is 1. The average molecular weight is 445 g/mol. The summed E-state index contributed by atoms with van der Waals surface area (Å²) in [5.74, 6) is -1.11. The lowest BCUT2D eigenvalue weighted by atomic mass is 10.0. The first kappa shape index (κ1) is 22.8. The molecule has 3 N–H and O–H groups in total. The summed E-state index contributed by atoms with van der Waals surface area (Å²) in [5, 5.41) is 15.3. The molecule has 7 nitrogen and oxygen atoms in total. The Bertz CT molecular complexity index is 969. The summed E-state index contributed by atoms with van der Waals surface area (Å²) in [6.07, 6.45) is 4.90. The fourth-order valence-corrected chi connectivity index (χ4v) is 5.13. The van der Waals surface area contributed by atoms with Crippen molar-refractivity contribution in [1.82, 2.24) is 0 Å². The zero-order valence-electron chi connectivity index (χ0n) is 17.8. The third-order valence-corrected chi connectivity index (χ3v) is 6.49. The molecule has 1 aliphatic rings. The van der Waals surface area contributed by atoms with E-state index < -0.39 is 5.97 Å². The molecule has 0 spiro atoms. The Labute approximate surface area is 185 Å². The maximum atomic E-state index is 13.3. The molecule has 1 aromatic carbocycles. The van der Waals surface area contributed by atoms with Crippen LogP contribution in [-0.2, 0) is 22.4 Å². The predicted octanol–water partition coefficient (Wildman–Crippen LogP) is 4.72. The molecular weight excluding hydrogens is 416 g/mol. The van der Waals surface area contributed by atoms with E-state index in [1.54, 1.807) is 38.3 Å². The van der Waals surface area contributed by atoms with Crippen molar-refractivity contribution in [2.24, 2.45) is 5.92 Å². The monoisotopic (exact) mass is 444 g/mol. The average Bonchev–Trinajstić information content (AvgIpc) is 2.87. The molecule has 1 aliphatic carbocycles. The van der Waals surface area contributed by atoms with Gasteiger partial charge in [0.05, 0.1) is 12.7 Å². The van der Waals surface area contributed by atoms with E-state index in [0.29, 0.717) is 22.0 Å². The van der Waals surface area contributed by atoms with Crippen molar-refractivity contribution in [3.63, 3.8) is 0 Å². The van der Waals surface area contributed by atoms with Crippen molar-refractivity contribution in [3.8, 4) is 5.75 Å². The summed E-state index contributed by atoms with van der Waals surface area (Å²) in [6, 6.07) is 7.14. The highest BCUT2D eigenvalue weighted by Gasteiger charge is 2.26. The summed E-state index contributed by atoms with van der Waals surface area (Å²) in [6.45, 7) is 1.73. The lowest BCUT2D eigenvalue weighted by Crippen LogP contribution is -2.20. The van der Waals surface area contributed by atoms with Gasteiger partial charge in [0.1, 0.15) is 10.8 Å². The number of hydrogen-bond acceptors (Lipinski definition) is 5. The third kappa shape index (κ3) is 6.07. The van der Waals surface area contributed by atoms with Gasteiger partial charge >= 0.3 is 5.97 Å². The Morgan fingerprint density at radius 1 is 1.13 bits per heavy atom. The Morgan fingerprint density at radius 3 is 2.65 bits per heavy atom. The number of carbonyl (C=O) groups excluding carboxylic acids is 2. The van der Waals surface area contributed by atoms with Gasteiger partial charge in [-0.15, -0.1) is 11.3 Å². The van der Waals surface area contributed by atoms with Crippen LogP contribution in [0.4, 0.5) is 10.7 Å². The summed E-state index contributed by atoms with van der Waals surface area (Å²) in [4.78, 5) is 37.8. The minimum atomic E-state index is -0.929. The molecule has 2 amide bonds. The van der Waals surface area contributed by atoms with Gasteiger partial charge in [0.15, 0.2) is 0 Å². The lowest BCUT2D eigenvalue weighted by molar-refractivity contribution is -0.138. The zero-order valence-corrected chi connectivity index (χ0v) is 18.6. The smallest absolute Gasteiger partial charge is 0.303 e. The number of aryl methyl sites for hydroxylation is 1. The minimum absolute atomic E-state index is 0.0719. The van der Waals surface area contributed by atoms with Crippen LogP contribution in [0.25, 0.3) is 0 Å². The van der Waals surface area contributed by atoms with Crippen LogP contribution in [0.5, 0.6) is 5.75 Å². The molecule has 0 aliphatic heterocycles. The standard InChI is InChI=1S/C23H28N2O5S/c1-14(12-20(27)28)11-19(26)25-23-21(17-9-4-3-5-10-18(17)31-23)22(29)24-15-7-6-8-16(13-15)30-2/h6-8,13-14H,3-5,9-12H2,1-2H3,(H,24,29)(H,25,26)(H,27,28)/t14-/m0/s1. The fourth-order valence-electron chi connectivity index (χ4n) is 3.83. The molecule has 0 unspecified atom stereocenters. The Kier molecular flexibility index (Phi) is 7.68. The number of rotatable bonds is 8. The van der Waals surface area contributed by atoms with Gasteiger partial charge in [-0.05, 0) is 49.3 Å². The van der Waals surface area contributed by atoms with Gasteiger partial charge in [0.25, 0.3) is 5.91 Å². The van der Waals surface area contributed by atoms with Crippen LogP contribution in [0, 0.1) is 5.92 Å². The van der Waals surface area contributed by atoms with Crippen LogP contribution in [0.15, 0.2) is 24.3 Å². The molecule has 1 aromatic heterocycles. The van der Waals surface area contributed by atoms with Gasteiger partial charge in [0, 0.05) is 29.5 Å². The second-order valence-corrected chi connectivity index (χ2v) is 9.02. The van der Waals surface area contributed by atoms with E-state index in [4.69, 9.17) is 9.84 Å². The first-order valence-corrected chi connectivity index (χ1v) is 11.3. The predicted molar refractivity (Wildman–Crippen MR) is 121 cm³/mol. The number of amides is 2. The Hall–Kier alpha value is -2.87. The Morgan fingerprint density at radius 2 is 1.90 bits per heavy atom. The molecule has 1 heterocycles. The number of fused-ring (bicyclic) bond motifs is 1. The van der Waals surface area contributed by atoms with E-state index in [0.717, 1.165) is 42.5 Å². The van der Waals surface area contributed by atoms with E-state index in [-0.39, 0.29) is 30.6 Å². The number of thiophene rings is 1. The second-order valence-electron chi connectivity index (χ2n) is 7.91. The van der Waals surface area contributed by atoms with Crippen LogP contribution in [0.1, 0.15) is 59.8 Å². The molecule has 3 rings (SSSR count). The fraction of sp³-hybridized carbons (Fsp3) is 0.435. The van der Waals surface area contributed by atoms with Crippen LogP contribution in [0.3, 0.4) is 0 Å². The number of aliphatic carboxylic acids is 1. The molecular formula is C23H28N2O5S. The topological polar surface area (TPSA) is 105 Å². The number of carboxylic acids is 1. The SMILES string of the molecule is COc1cccc(NC(=O)c2c(NC(=O)C[C@H](C)CC(=O)O)sc3c2CCCCC3)c1. The number of benzene rings is 1. The van der Waals surface area contributed by atoms with Gasteiger partial charge in [-0.25, -0.2) is 0 Å². The number of carbonyl (C=O) groups is 3. The van der Waals surface area contributed by atoms with Crippen LogP contribution in [0.2, 0.25) is 0 Å². The number of anilines is 2. The van der Waals surface area contributed by atoms with Crippen molar-refractivity contribution >= 4 is 39.8 Å². The molecule has 0 bridgehead atoms. The summed E-state index contributed by atoms with van der Waals surface area (Å²) < 4.78 is 5.23. The number of ether oxygens (including phenoxy) is 1. The quantitative estimate of drug-likeness (QED) is 0.511. The molecule has 0 radical (unpaired) electrons. The van der Waals surface area contributed by atoms with Crippen molar-refractivity contribution < 1.29 is 24.2 Å². The van der Waals surface area contributed by atoms with Gasteiger partial charge in [-0.3, -0.25) is 14.4 Å². The number of nitrogens with one attached hydrogen (secondary N) is 2. The van der Waals surface area contributed by atoms with Crippen molar-refractivity contribution in [2.75, 3.05) is 17.7 Å². The first-order chi connectivity index (χ1) is 14.9. The van der Waals surface area contributed by atoms with Crippen molar-refractivity contribution in [1.29, 1.82) is 0 Å². The summed E-state index contributed by atoms with van der Waals surface area (Å²) >= 11 is 1.46. The molecule has 166 valence electrons. The molecule has 8 heteroatoms. The van der Waals surface area contributed by atoms with Crippen molar-refractivity contribution in [3.05, 3.63) is 40.3 Å². The number of hydrogen-bond donors (Lipinski definition) is 3. The Balaban J connectivity index is 1.84. The largest absolute Gasteiger partial charge is 0.497 e. The molecule has 1 atom stereocenters. The van der Waals surface area contributed by atoms with Crippen LogP contribution in [-0.4, -0.2) is 30.0 Å². The minimum Gasteiger partial charge on any atom is -0.497 e. The summed E-state index contributed by atoms with van der Waals surface area (Å²) in [7, 11) is 1.57. The maximum absolute atomic E-state index is 13.3. The highest BCUT2D eigenvalue weighted by molar-refractivity contribution is 7.17. The van der Waals surface area contributed by atoms with Crippen molar-refractivity contribution in [2.45, 2.75) is 51.9 Å². The van der Waals surface area contributed by atoms with Gasteiger partial charge < -0.3 is 20.5 Å².